The van der Waals surface area contributed by atoms with E-state index in [1.807, 2.05) is 0 Å². The summed E-state index contributed by atoms with van der Waals surface area (Å²) in [6, 6.07) is 8.35. The van der Waals surface area contributed by atoms with E-state index in [1.54, 1.807) is 23.6 Å². The molecule has 4 aromatic rings. The van der Waals surface area contributed by atoms with Gasteiger partial charge in [0, 0.05) is 17.8 Å². The van der Waals surface area contributed by atoms with Crippen LogP contribution in [0.1, 0.15) is 16.2 Å². The maximum Gasteiger partial charge on any atom is 0.586 e. The minimum absolute atomic E-state index is 0.0983. The van der Waals surface area contributed by atoms with E-state index in [0.29, 0.717) is 22.4 Å². The van der Waals surface area contributed by atoms with Gasteiger partial charge in [0.15, 0.2) is 11.5 Å². The number of carbonyl (C=O) groups is 1. The number of imidazole rings is 2. The summed E-state index contributed by atoms with van der Waals surface area (Å²) >= 11 is 0. The number of halogens is 3. The van der Waals surface area contributed by atoms with Gasteiger partial charge in [-0.1, -0.05) is 0 Å². The number of anilines is 1. The van der Waals surface area contributed by atoms with Crippen LogP contribution in [-0.2, 0) is 0 Å². The summed E-state index contributed by atoms with van der Waals surface area (Å²) in [7, 11) is 0. The Bertz CT molecular complexity index is 1250. The number of rotatable bonds is 3. The number of alkyl halides is 2. The molecular formula is C19H12F3N5O3. The van der Waals surface area contributed by atoms with Crippen LogP contribution in [0.25, 0.3) is 16.7 Å². The van der Waals surface area contributed by atoms with E-state index in [0.717, 1.165) is 0 Å². The van der Waals surface area contributed by atoms with Crippen molar-refractivity contribution in [3.8, 4) is 17.2 Å². The standard InChI is InChI=1S/C19H12F3N5O3/c1-9-16(23-8-27(9)11-4-2-10(20)3-5-11)17(28)26-18-24-12-6-14-15(7-13(12)25-18)30-19(21,22)29-14/h2-8H,1H3,(H2,24,25,26,28). The number of hydrogen-bond acceptors (Lipinski definition) is 5. The first-order valence-electron chi connectivity index (χ1n) is 8.70. The molecule has 0 atom stereocenters. The fraction of sp³-hybridized carbons (Fsp3) is 0.105. The zero-order valence-corrected chi connectivity index (χ0v) is 15.2. The number of aromatic amines is 1. The normalized spacial score (nSPS) is 14.3. The summed E-state index contributed by atoms with van der Waals surface area (Å²) < 4.78 is 49.9. The Morgan fingerprint density at radius 2 is 1.87 bits per heavy atom. The van der Waals surface area contributed by atoms with Gasteiger partial charge in [0.25, 0.3) is 5.91 Å². The van der Waals surface area contributed by atoms with Gasteiger partial charge < -0.3 is 19.0 Å². The second kappa shape index (κ2) is 6.24. The molecular weight excluding hydrogens is 403 g/mol. The fourth-order valence-electron chi connectivity index (χ4n) is 3.17. The predicted molar refractivity (Wildman–Crippen MR) is 98.5 cm³/mol. The van der Waals surface area contributed by atoms with Crippen molar-refractivity contribution in [2.75, 3.05) is 5.32 Å². The van der Waals surface area contributed by atoms with Crippen LogP contribution in [0.2, 0.25) is 0 Å². The van der Waals surface area contributed by atoms with Gasteiger partial charge in [0.1, 0.15) is 17.8 Å². The zero-order valence-electron chi connectivity index (χ0n) is 15.2. The lowest BCUT2D eigenvalue weighted by molar-refractivity contribution is -0.286. The Morgan fingerprint density at radius 3 is 2.60 bits per heavy atom. The number of H-pyrrole nitrogens is 1. The molecule has 0 saturated heterocycles. The number of nitrogens with zero attached hydrogens (tertiary/aromatic N) is 3. The van der Waals surface area contributed by atoms with Crippen molar-refractivity contribution in [3.05, 3.63) is 59.9 Å². The van der Waals surface area contributed by atoms with Crippen molar-refractivity contribution in [1.82, 2.24) is 19.5 Å². The molecule has 152 valence electrons. The summed E-state index contributed by atoms with van der Waals surface area (Å²) in [6.07, 6.45) is -2.27. The quantitative estimate of drug-likeness (QED) is 0.531. The molecule has 0 saturated carbocycles. The van der Waals surface area contributed by atoms with E-state index >= 15 is 0 Å². The van der Waals surface area contributed by atoms with Crippen LogP contribution in [0.3, 0.4) is 0 Å². The summed E-state index contributed by atoms with van der Waals surface area (Å²) in [6.45, 7) is 1.70. The van der Waals surface area contributed by atoms with E-state index in [-0.39, 0.29) is 29.0 Å². The zero-order chi connectivity index (χ0) is 21.0. The number of amides is 1. The van der Waals surface area contributed by atoms with Crippen molar-refractivity contribution >= 4 is 22.9 Å². The molecule has 0 fully saturated rings. The maximum absolute atomic E-state index is 13.2. The molecule has 1 amide bonds. The molecule has 0 aliphatic carbocycles. The SMILES string of the molecule is Cc1c(C(=O)Nc2nc3cc4c(cc3[nH]2)OC(F)(F)O4)ncn1-c1ccc(F)cc1. The molecule has 0 bridgehead atoms. The molecule has 2 aromatic carbocycles. The summed E-state index contributed by atoms with van der Waals surface area (Å²) in [5.41, 5.74) is 2.01. The molecule has 1 aliphatic rings. The van der Waals surface area contributed by atoms with Crippen LogP contribution >= 0.6 is 0 Å². The number of aromatic nitrogens is 4. The average Bonchev–Trinajstić information content (AvgIpc) is 3.33. The average molecular weight is 415 g/mol. The number of carbonyl (C=O) groups excluding carboxylic acids is 1. The molecule has 11 heteroatoms. The van der Waals surface area contributed by atoms with Crippen molar-refractivity contribution in [2.24, 2.45) is 0 Å². The topological polar surface area (TPSA) is 94.1 Å². The first-order chi connectivity index (χ1) is 14.3. The van der Waals surface area contributed by atoms with E-state index in [2.05, 4.69) is 29.7 Å². The predicted octanol–water partition coefficient (Wildman–Crippen LogP) is 3.77. The highest BCUT2D eigenvalue weighted by Gasteiger charge is 2.43. The minimum atomic E-state index is -3.72. The number of benzene rings is 2. The molecule has 0 radical (unpaired) electrons. The Labute approximate surface area is 166 Å². The van der Waals surface area contributed by atoms with Gasteiger partial charge in [-0.15, -0.1) is 8.78 Å². The lowest BCUT2D eigenvalue weighted by atomic mass is 10.2. The van der Waals surface area contributed by atoms with Crippen LogP contribution < -0.4 is 14.8 Å². The Balaban J connectivity index is 1.40. The van der Waals surface area contributed by atoms with Gasteiger partial charge >= 0.3 is 6.29 Å². The summed E-state index contributed by atoms with van der Waals surface area (Å²) in [4.78, 5) is 23.7. The van der Waals surface area contributed by atoms with Gasteiger partial charge in [-0.2, -0.15) is 0 Å². The Morgan fingerprint density at radius 1 is 1.17 bits per heavy atom. The third-order valence-electron chi connectivity index (χ3n) is 4.56. The van der Waals surface area contributed by atoms with Crippen LogP contribution in [0, 0.1) is 12.7 Å². The van der Waals surface area contributed by atoms with Crippen molar-refractivity contribution < 1.29 is 27.4 Å². The second-order valence-electron chi connectivity index (χ2n) is 6.55. The van der Waals surface area contributed by atoms with E-state index in [1.165, 1.54) is 30.6 Å². The minimum Gasteiger partial charge on any atom is -0.395 e. The first kappa shape index (κ1) is 18.0. The van der Waals surface area contributed by atoms with Gasteiger partial charge in [0.2, 0.25) is 5.95 Å². The Hall–Kier alpha value is -4.02. The highest BCUT2D eigenvalue weighted by Crippen LogP contribution is 2.42. The van der Waals surface area contributed by atoms with Crippen molar-refractivity contribution in [1.29, 1.82) is 0 Å². The first-order valence-corrected chi connectivity index (χ1v) is 8.70. The monoisotopic (exact) mass is 415 g/mol. The lowest BCUT2D eigenvalue weighted by Gasteiger charge is -2.06. The van der Waals surface area contributed by atoms with E-state index < -0.39 is 12.2 Å². The largest absolute Gasteiger partial charge is 0.586 e. The highest BCUT2D eigenvalue weighted by molar-refractivity contribution is 6.03. The van der Waals surface area contributed by atoms with Crippen LogP contribution in [0.4, 0.5) is 19.1 Å². The van der Waals surface area contributed by atoms with Crippen LogP contribution in [0.5, 0.6) is 11.5 Å². The van der Waals surface area contributed by atoms with Crippen LogP contribution in [-0.4, -0.2) is 31.7 Å². The van der Waals surface area contributed by atoms with Gasteiger partial charge in [0.05, 0.1) is 16.7 Å². The van der Waals surface area contributed by atoms with Gasteiger partial charge in [-0.25, -0.2) is 14.4 Å². The van der Waals surface area contributed by atoms with E-state index in [9.17, 15) is 18.0 Å². The number of fused-ring (bicyclic) bond motifs is 2. The van der Waals surface area contributed by atoms with Gasteiger partial charge in [-0.05, 0) is 31.2 Å². The second-order valence-corrected chi connectivity index (χ2v) is 6.55. The molecule has 0 unspecified atom stereocenters. The third kappa shape index (κ3) is 3.00. The molecule has 5 rings (SSSR count). The lowest BCUT2D eigenvalue weighted by Crippen LogP contribution is -2.25. The van der Waals surface area contributed by atoms with Gasteiger partial charge in [-0.3, -0.25) is 10.1 Å². The fourth-order valence-corrected chi connectivity index (χ4v) is 3.17. The van der Waals surface area contributed by atoms with E-state index in [4.69, 9.17) is 0 Å². The summed E-state index contributed by atoms with van der Waals surface area (Å²) in [5.74, 6) is -1.08. The molecule has 30 heavy (non-hydrogen) atoms. The van der Waals surface area contributed by atoms with Crippen molar-refractivity contribution in [2.45, 2.75) is 13.2 Å². The van der Waals surface area contributed by atoms with Crippen LogP contribution in [0.15, 0.2) is 42.7 Å². The molecule has 2 aromatic heterocycles. The molecule has 8 nitrogen and oxygen atoms in total. The summed E-state index contributed by atoms with van der Waals surface area (Å²) in [5, 5.41) is 2.58. The number of ether oxygens (including phenoxy) is 2. The van der Waals surface area contributed by atoms with Crippen molar-refractivity contribution in [3.63, 3.8) is 0 Å². The smallest absolute Gasteiger partial charge is 0.395 e. The number of hydrogen-bond donors (Lipinski definition) is 2. The molecule has 1 aliphatic heterocycles. The third-order valence-corrected chi connectivity index (χ3v) is 4.56. The molecule has 2 N–H and O–H groups in total. The maximum atomic E-state index is 13.2. The number of nitrogens with one attached hydrogen (secondary N) is 2. The highest BCUT2D eigenvalue weighted by atomic mass is 19.3. The molecule has 0 spiro atoms. The molecule has 3 heterocycles. The Kier molecular flexibility index (Phi) is 3.75.